The van der Waals surface area contributed by atoms with E-state index < -0.39 is 9.84 Å². The van der Waals surface area contributed by atoms with E-state index >= 15 is 0 Å². The fourth-order valence-corrected chi connectivity index (χ4v) is 5.22. The first kappa shape index (κ1) is 21.0. The number of carbonyl (C=O) groups is 2. The molecule has 2 saturated heterocycles. The molecule has 9 heteroatoms. The van der Waals surface area contributed by atoms with Crippen molar-refractivity contribution in [2.45, 2.75) is 51.2 Å². The van der Waals surface area contributed by atoms with E-state index in [9.17, 15) is 18.0 Å². The zero-order chi connectivity index (χ0) is 19.7. The van der Waals surface area contributed by atoms with Crippen LogP contribution in [-0.2, 0) is 14.6 Å². The zero-order valence-electron chi connectivity index (χ0n) is 16.5. The average Bonchev–Trinajstić information content (AvgIpc) is 3.01. The molecule has 26 heavy (non-hydrogen) atoms. The topological polar surface area (TPSA) is 90.0 Å². The minimum absolute atomic E-state index is 0.0194. The second kappa shape index (κ2) is 7.72. The minimum Gasteiger partial charge on any atom is -0.336 e. The number of likely N-dealkylation sites (tertiary alicyclic amines) is 1. The highest BCUT2D eigenvalue weighted by molar-refractivity contribution is 7.91. The fourth-order valence-electron chi connectivity index (χ4n) is 3.49. The number of sulfone groups is 1. The third-order valence-corrected chi connectivity index (χ3v) is 6.71. The predicted octanol–water partition coefficient (Wildman–Crippen LogP) is 0.146. The van der Waals surface area contributed by atoms with Gasteiger partial charge in [-0.25, -0.2) is 13.2 Å². The van der Waals surface area contributed by atoms with Crippen molar-refractivity contribution in [3.63, 3.8) is 0 Å². The minimum atomic E-state index is -3.07. The first-order chi connectivity index (χ1) is 11.9. The van der Waals surface area contributed by atoms with Crippen LogP contribution in [0, 0.1) is 0 Å². The van der Waals surface area contributed by atoms with E-state index in [-0.39, 0.29) is 47.5 Å². The number of carbonyl (C=O) groups excluding carboxylic acids is 2. The van der Waals surface area contributed by atoms with Crippen LogP contribution in [0.15, 0.2) is 0 Å². The van der Waals surface area contributed by atoms with Crippen LogP contribution in [0.1, 0.15) is 33.6 Å². The molecule has 0 aromatic heterocycles. The van der Waals surface area contributed by atoms with E-state index in [0.29, 0.717) is 26.1 Å². The maximum absolute atomic E-state index is 12.8. The molecule has 0 spiro atoms. The first-order valence-corrected chi connectivity index (χ1v) is 10.9. The van der Waals surface area contributed by atoms with Crippen LogP contribution in [-0.4, -0.2) is 97.9 Å². The summed E-state index contributed by atoms with van der Waals surface area (Å²) in [5.41, 5.74) is -0.277. The van der Waals surface area contributed by atoms with Crippen LogP contribution in [0.5, 0.6) is 0 Å². The van der Waals surface area contributed by atoms with Gasteiger partial charge in [-0.15, -0.1) is 0 Å². The molecule has 0 bridgehead atoms. The number of nitrogens with one attached hydrogen (secondary N) is 1. The molecule has 2 unspecified atom stereocenters. The molecule has 0 aliphatic carbocycles. The summed E-state index contributed by atoms with van der Waals surface area (Å²) >= 11 is 0. The van der Waals surface area contributed by atoms with Crippen LogP contribution in [0.4, 0.5) is 4.79 Å². The standard InChI is InChI=1S/C17H32N4O4S/c1-17(2,3)21-11-13(10-15(21)22)18-16(23)20(8-7-19(4)5)14-6-9-26(24,25)12-14/h13-14H,6-12H2,1-5H3,(H,18,23). The van der Waals surface area contributed by atoms with Crippen LogP contribution in [0.25, 0.3) is 0 Å². The first-order valence-electron chi connectivity index (χ1n) is 9.12. The Bertz CT molecular complexity index is 642. The van der Waals surface area contributed by atoms with Gasteiger partial charge in [0, 0.05) is 37.6 Å². The molecule has 2 aliphatic rings. The van der Waals surface area contributed by atoms with Crippen LogP contribution >= 0.6 is 0 Å². The summed E-state index contributed by atoms with van der Waals surface area (Å²) < 4.78 is 23.7. The maximum Gasteiger partial charge on any atom is 0.318 e. The summed E-state index contributed by atoms with van der Waals surface area (Å²) in [6, 6.07) is -0.813. The van der Waals surface area contributed by atoms with E-state index in [4.69, 9.17) is 0 Å². The molecule has 2 fully saturated rings. The largest absolute Gasteiger partial charge is 0.336 e. The van der Waals surface area contributed by atoms with Crippen LogP contribution in [0.2, 0.25) is 0 Å². The summed E-state index contributed by atoms with van der Waals surface area (Å²) in [6.07, 6.45) is 0.758. The molecule has 2 aliphatic heterocycles. The highest BCUT2D eigenvalue weighted by Gasteiger charge is 2.39. The third kappa shape index (κ3) is 5.33. The number of likely N-dealkylation sites (N-methyl/N-ethyl adjacent to an activating group) is 1. The molecule has 0 aromatic rings. The van der Waals surface area contributed by atoms with Gasteiger partial charge in [0.2, 0.25) is 5.91 Å². The smallest absolute Gasteiger partial charge is 0.318 e. The van der Waals surface area contributed by atoms with E-state index in [2.05, 4.69) is 5.32 Å². The molecule has 1 N–H and O–H groups in total. The number of amides is 3. The van der Waals surface area contributed by atoms with Crippen molar-refractivity contribution in [2.24, 2.45) is 0 Å². The molecular weight excluding hydrogens is 356 g/mol. The average molecular weight is 389 g/mol. The fraction of sp³-hybridized carbons (Fsp3) is 0.882. The maximum atomic E-state index is 12.8. The Hall–Kier alpha value is -1.35. The summed E-state index contributed by atoms with van der Waals surface area (Å²) in [7, 11) is 0.756. The molecule has 8 nitrogen and oxygen atoms in total. The Morgan fingerprint density at radius 3 is 2.38 bits per heavy atom. The Kier molecular flexibility index (Phi) is 6.22. The quantitative estimate of drug-likeness (QED) is 0.724. The van der Waals surface area contributed by atoms with E-state index in [1.54, 1.807) is 9.80 Å². The van der Waals surface area contributed by atoms with Gasteiger partial charge in [-0.1, -0.05) is 0 Å². The van der Waals surface area contributed by atoms with Gasteiger partial charge in [0.1, 0.15) is 0 Å². The lowest BCUT2D eigenvalue weighted by molar-refractivity contribution is -0.131. The van der Waals surface area contributed by atoms with Crippen LogP contribution in [0.3, 0.4) is 0 Å². The normalized spacial score (nSPS) is 25.8. The number of hydrogen-bond donors (Lipinski definition) is 1. The number of nitrogens with zero attached hydrogens (tertiary/aromatic N) is 3. The second-order valence-electron chi connectivity index (χ2n) is 8.58. The number of hydrogen-bond acceptors (Lipinski definition) is 5. The summed E-state index contributed by atoms with van der Waals surface area (Å²) in [4.78, 5) is 30.4. The Morgan fingerprint density at radius 2 is 1.92 bits per heavy atom. The van der Waals surface area contributed by atoms with E-state index in [0.717, 1.165) is 0 Å². The number of rotatable bonds is 5. The predicted molar refractivity (Wildman–Crippen MR) is 101 cm³/mol. The van der Waals surface area contributed by atoms with Gasteiger partial charge in [0.25, 0.3) is 0 Å². The van der Waals surface area contributed by atoms with Gasteiger partial charge < -0.3 is 20.0 Å². The van der Waals surface area contributed by atoms with Crippen molar-refractivity contribution >= 4 is 21.8 Å². The molecule has 2 atom stereocenters. The third-order valence-electron chi connectivity index (χ3n) is 4.96. The lowest BCUT2D eigenvalue weighted by atomic mass is 10.1. The molecular formula is C17H32N4O4S. The van der Waals surface area contributed by atoms with Crippen molar-refractivity contribution in [1.29, 1.82) is 0 Å². The Balaban J connectivity index is 2.03. The van der Waals surface area contributed by atoms with Crippen molar-refractivity contribution in [1.82, 2.24) is 20.0 Å². The van der Waals surface area contributed by atoms with Gasteiger partial charge in [-0.3, -0.25) is 4.79 Å². The van der Waals surface area contributed by atoms with Gasteiger partial charge in [-0.05, 0) is 41.3 Å². The lowest BCUT2D eigenvalue weighted by Gasteiger charge is -2.33. The van der Waals surface area contributed by atoms with E-state index in [1.807, 2.05) is 39.8 Å². The van der Waals surface area contributed by atoms with Gasteiger partial charge in [-0.2, -0.15) is 0 Å². The SMILES string of the molecule is CN(C)CCN(C(=O)NC1CC(=O)N(C(C)(C)C)C1)C1CCS(=O)(=O)C1. The van der Waals surface area contributed by atoms with Crippen molar-refractivity contribution < 1.29 is 18.0 Å². The Morgan fingerprint density at radius 1 is 1.27 bits per heavy atom. The lowest BCUT2D eigenvalue weighted by Crippen LogP contribution is -2.52. The summed E-state index contributed by atoms with van der Waals surface area (Å²) in [6.45, 7) is 7.52. The van der Waals surface area contributed by atoms with Crippen molar-refractivity contribution in [3.05, 3.63) is 0 Å². The molecule has 0 saturated carbocycles. The molecule has 0 aromatic carbocycles. The molecule has 2 rings (SSSR count). The van der Waals surface area contributed by atoms with Gasteiger partial charge in [0.05, 0.1) is 17.5 Å². The highest BCUT2D eigenvalue weighted by atomic mass is 32.2. The molecule has 2 heterocycles. The van der Waals surface area contributed by atoms with Gasteiger partial charge >= 0.3 is 6.03 Å². The Labute approximate surface area is 156 Å². The summed E-state index contributed by atoms with van der Waals surface area (Å²) in [5.74, 6) is 0.181. The van der Waals surface area contributed by atoms with Gasteiger partial charge in [0.15, 0.2) is 9.84 Å². The molecule has 0 radical (unpaired) electrons. The second-order valence-corrected chi connectivity index (χ2v) is 10.8. The van der Waals surface area contributed by atoms with Crippen LogP contribution < -0.4 is 5.32 Å². The monoisotopic (exact) mass is 388 g/mol. The van der Waals surface area contributed by atoms with Crippen molar-refractivity contribution in [3.8, 4) is 0 Å². The highest BCUT2D eigenvalue weighted by Crippen LogP contribution is 2.23. The molecule has 3 amide bonds. The molecule has 150 valence electrons. The number of urea groups is 1. The van der Waals surface area contributed by atoms with Crippen molar-refractivity contribution in [2.75, 3.05) is 45.2 Å². The zero-order valence-corrected chi connectivity index (χ0v) is 17.3. The summed E-state index contributed by atoms with van der Waals surface area (Å²) in [5, 5.41) is 2.95. The van der Waals surface area contributed by atoms with E-state index in [1.165, 1.54) is 0 Å².